The van der Waals surface area contributed by atoms with Gasteiger partial charge in [-0.2, -0.15) is 14.9 Å². The Hall–Kier alpha value is -4.04. The number of aromatic nitrogens is 6. The Kier molecular flexibility index (Phi) is 5.14. The first-order valence-corrected chi connectivity index (χ1v) is 10.7. The molecule has 0 fully saturated rings. The number of rotatable bonds is 4. The zero-order valence-corrected chi connectivity index (χ0v) is 19.0. The van der Waals surface area contributed by atoms with Gasteiger partial charge >= 0.3 is 0 Å². The number of nitrogens with zero attached hydrogens (tertiary/aromatic N) is 6. The highest BCUT2D eigenvalue weighted by atomic mass is 35.5. The van der Waals surface area contributed by atoms with Crippen molar-refractivity contribution in [3.63, 3.8) is 0 Å². The van der Waals surface area contributed by atoms with Crippen LogP contribution < -0.4 is 5.32 Å². The minimum atomic E-state index is -0.335. The second-order valence-corrected chi connectivity index (χ2v) is 8.13. The summed E-state index contributed by atoms with van der Waals surface area (Å²) in [6.45, 7) is 5.96. The maximum Gasteiger partial charge on any atom is 0.258 e. The predicted molar refractivity (Wildman–Crippen MR) is 127 cm³/mol. The molecule has 164 valence electrons. The number of benzene rings is 2. The first-order valence-electron chi connectivity index (χ1n) is 10.3. The van der Waals surface area contributed by atoms with Crippen LogP contribution in [0.2, 0.25) is 5.02 Å². The zero-order chi connectivity index (χ0) is 23.1. The third-order valence-electron chi connectivity index (χ3n) is 5.54. The minimum absolute atomic E-state index is 0.335. The first-order chi connectivity index (χ1) is 15.9. The summed E-state index contributed by atoms with van der Waals surface area (Å²) >= 11 is 6.20. The van der Waals surface area contributed by atoms with Gasteiger partial charge in [-0.15, -0.1) is 0 Å². The van der Waals surface area contributed by atoms with Crippen LogP contribution in [0.4, 0.5) is 5.82 Å². The van der Waals surface area contributed by atoms with Gasteiger partial charge in [0.1, 0.15) is 12.1 Å². The van der Waals surface area contributed by atoms with Crippen molar-refractivity contribution in [1.29, 1.82) is 0 Å². The van der Waals surface area contributed by atoms with Crippen molar-refractivity contribution < 1.29 is 4.79 Å². The van der Waals surface area contributed by atoms with Gasteiger partial charge in [-0.25, -0.2) is 14.6 Å². The highest BCUT2D eigenvalue weighted by Crippen LogP contribution is 2.26. The van der Waals surface area contributed by atoms with E-state index in [0.29, 0.717) is 33.3 Å². The van der Waals surface area contributed by atoms with Crippen LogP contribution in [0.25, 0.3) is 22.5 Å². The molecule has 3 heterocycles. The van der Waals surface area contributed by atoms with E-state index in [4.69, 9.17) is 11.6 Å². The number of nitrogens with one attached hydrogen (secondary N) is 1. The van der Waals surface area contributed by atoms with E-state index in [9.17, 15) is 4.79 Å². The summed E-state index contributed by atoms with van der Waals surface area (Å²) in [5.41, 5.74) is 4.96. The summed E-state index contributed by atoms with van der Waals surface area (Å²) < 4.78 is 3.38. The lowest BCUT2D eigenvalue weighted by Gasteiger charge is -2.11. The molecule has 2 aromatic carbocycles. The summed E-state index contributed by atoms with van der Waals surface area (Å²) in [5, 5.41) is 13.1. The SMILES string of the molecule is Cc1cc(NC(=O)c2ccccc2Cl)n(-c2ncnc3c2cnn3-c2cccc(C)c2C)n1. The zero-order valence-electron chi connectivity index (χ0n) is 18.2. The quantitative estimate of drug-likeness (QED) is 0.417. The summed E-state index contributed by atoms with van der Waals surface area (Å²) in [5.74, 6) is 0.647. The molecule has 1 N–H and O–H groups in total. The average Bonchev–Trinajstić information content (AvgIpc) is 3.39. The van der Waals surface area contributed by atoms with E-state index in [1.165, 1.54) is 6.33 Å². The van der Waals surface area contributed by atoms with Crippen LogP contribution in [-0.4, -0.2) is 35.4 Å². The van der Waals surface area contributed by atoms with Gasteiger partial charge in [0.25, 0.3) is 5.91 Å². The van der Waals surface area contributed by atoms with Gasteiger partial charge < -0.3 is 5.32 Å². The second-order valence-electron chi connectivity index (χ2n) is 7.73. The van der Waals surface area contributed by atoms with Crippen molar-refractivity contribution in [1.82, 2.24) is 29.5 Å². The maximum atomic E-state index is 12.9. The van der Waals surface area contributed by atoms with Gasteiger partial charge in [-0.1, -0.05) is 35.9 Å². The molecule has 0 spiro atoms. The molecule has 8 nitrogen and oxygen atoms in total. The van der Waals surface area contributed by atoms with Crippen LogP contribution in [0.5, 0.6) is 0 Å². The van der Waals surface area contributed by atoms with Crippen LogP contribution in [-0.2, 0) is 0 Å². The molecule has 0 saturated heterocycles. The predicted octanol–water partition coefficient (Wildman–Crippen LogP) is 4.83. The van der Waals surface area contributed by atoms with Crippen LogP contribution >= 0.6 is 11.6 Å². The summed E-state index contributed by atoms with van der Waals surface area (Å²) in [4.78, 5) is 21.8. The number of amides is 1. The Bertz CT molecular complexity index is 1520. The fourth-order valence-corrected chi connectivity index (χ4v) is 3.94. The molecular weight excluding hydrogens is 438 g/mol. The normalized spacial score (nSPS) is 11.2. The molecule has 0 aliphatic rings. The van der Waals surface area contributed by atoms with Crippen LogP contribution in [0.3, 0.4) is 0 Å². The standard InChI is InChI=1S/C24H20ClN7O/c1-14-7-6-10-20(16(14)3)31-22-18(12-28-31)23(27-13-26-22)32-21(11-15(2)30-32)29-24(33)17-8-4-5-9-19(17)25/h4-13H,1-3H3,(H,29,33). The lowest BCUT2D eigenvalue weighted by atomic mass is 10.1. The molecule has 0 aliphatic heterocycles. The molecule has 0 radical (unpaired) electrons. The van der Waals surface area contributed by atoms with Crippen molar-refractivity contribution in [3.05, 3.63) is 88.5 Å². The summed E-state index contributed by atoms with van der Waals surface area (Å²) in [6, 6.07) is 14.7. The second kappa shape index (κ2) is 8.14. The summed E-state index contributed by atoms with van der Waals surface area (Å²) in [6.07, 6.45) is 3.18. The number of halogens is 1. The number of fused-ring (bicyclic) bond motifs is 1. The van der Waals surface area contributed by atoms with Crippen molar-refractivity contribution >= 4 is 34.4 Å². The van der Waals surface area contributed by atoms with E-state index in [1.54, 1.807) is 45.9 Å². The molecule has 0 atom stereocenters. The van der Waals surface area contributed by atoms with E-state index in [-0.39, 0.29) is 5.91 Å². The molecule has 5 rings (SSSR count). The molecule has 1 amide bonds. The molecule has 0 saturated carbocycles. The first kappa shape index (κ1) is 20.8. The van der Waals surface area contributed by atoms with Gasteiger partial charge in [-0.05, 0) is 50.1 Å². The molecule has 33 heavy (non-hydrogen) atoms. The molecule has 0 bridgehead atoms. The Labute approximate surface area is 194 Å². The number of aryl methyl sites for hydroxylation is 2. The third kappa shape index (κ3) is 3.64. The van der Waals surface area contributed by atoms with Crippen LogP contribution in [0.1, 0.15) is 27.2 Å². The van der Waals surface area contributed by atoms with Gasteiger partial charge in [0, 0.05) is 6.07 Å². The van der Waals surface area contributed by atoms with Crippen LogP contribution in [0, 0.1) is 20.8 Å². The average molecular weight is 458 g/mol. The van der Waals surface area contributed by atoms with Crippen LogP contribution in [0.15, 0.2) is 61.1 Å². The van der Waals surface area contributed by atoms with E-state index < -0.39 is 0 Å². The maximum absolute atomic E-state index is 12.9. The topological polar surface area (TPSA) is 90.5 Å². The number of anilines is 1. The van der Waals surface area contributed by atoms with Crippen molar-refractivity contribution in [3.8, 4) is 11.5 Å². The van der Waals surface area contributed by atoms with Crippen molar-refractivity contribution in [2.75, 3.05) is 5.32 Å². The number of carbonyl (C=O) groups is 1. The molecule has 5 aromatic rings. The Morgan fingerprint density at radius 2 is 1.82 bits per heavy atom. The number of hydrogen-bond donors (Lipinski definition) is 1. The fraction of sp³-hybridized carbons (Fsp3) is 0.125. The summed E-state index contributed by atoms with van der Waals surface area (Å²) in [7, 11) is 0. The monoisotopic (exact) mass is 457 g/mol. The molecule has 0 aliphatic carbocycles. The smallest absolute Gasteiger partial charge is 0.258 e. The largest absolute Gasteiger partial charge is 0.306 e. The highest BCUT2D eigenvalue weighted by molar-refractivity contribution is 6.34. The Balaban J connectivity index is 1.60. The molecule has 0 unspecified atom stereocenters. The van der Waals surface area contributed by atoms with Gasteiger partial charge in [0.2, 0.25) is 0 Å². The van der Waals surface area contributed by atoms with Crippen molar-refractivity contribution in [2.24, 2.45) is 0 Å². The van der Waals surface area contributed by atoms with E-state index in [0.717, 1.165) is 22.5 Å². The van der Waals surface area contributed by atoms with E-state index in [1.807, 2.05) is 19.1 Å². The fourth-order valence-electron chi connectivity index (χ4n) is 3.72. The number of hydrogen-bond acceptors (Lipinski definition) is 5. The molecular formula is C24H20ClN7O. The lowest BCUT2D eigenvalue weighted by Crippen LogP contribution is -2.16. The highest BCUT2D eigenvalue weighted by Gasteiger charge is 2.19. The number of carbonyl (C=O) groups excluding carboxylic acids is 1. The van der Waals surface area contributed by atoms with E-state index >= 15 is 0 Å². The Morgan fingerprint density at radius 3 is 2.64 bits per heavy atom. The minimum Gasteiger partial charge on any atom is -0.306 e. The lowest BCUT2D eigenvalue weighted by molar-refractivity contribution is 0.102. The Morgan fingerprint density at radius 1 is 1.00 bits per heavy atom. The molecule has 9 heteroatoms. The molecule has 3 aromatic heterocycles. The van der Waals surface area contributed by atoms with Gasteiger partial charge in [-0.3, -0.25) is 4.79 Å². The van der Waals surface area contributed by atoms with Gasteiger partial charge in [0.05, 0.1) is 33.6 Å². The van der Waals surface area contributed by atoms with Crippen molar-refractivity contribution in [2.45, 2.75) is 20.8 Å². The van der Waals surface area contributed by atoms with E-state index in [2.05, 4.69) is 45.4 Å². The third-order valence-corrected chi connectivity index (χ3v) is 5.87. The van der Waals surface area contributed by atoms with Gasteiger partial charge in [0.15, 0.2) is 11.5 Å².